The van der Waals surface area contributed by atoms with E-state index in [-0.39, 0.29) is 0 Å². The van der Waals surface area contributed by atoms with E-state index in [1.54, 1.807) is 5.32 Å². The van der Waals surface area contributed by atoms with Gasteiger partial charge in [0, 0.05) is 0 Å². The van der Waals surface area contributed by atoms with Crippen molar-refractivity contribution in [2.24, 2.45) is 0 Å². The Morgan fingerprint density at radius 1 is 1.00 bits per heavy atom. The summed E-state index contributed by atoms with van der Waals surface area (Å²) in [4.78, 5) is 0. The lowest BCUT2D eigenvalue weighted by Crippen LogP contribution is -2.62. The molecule has 0 radical (unpaired) electrons. The Labute approximate surface area is 51.0 Å². The molecule has 0 spiro atoms. The molecule has 0 aromatic carbocycles. The number of hydrogen-bond acceptors (Lipinski definition) is 6. The summed E-state index contributed by atoms with van der Waals surface area (Å²) >= 11 is 0. The van der Waals surface area contributed by atoms with Crippen LogP contribution in [0, 0.1) is 0 Å². The molecule has 0 fully saturated rings. The van der Waals surface area contributed by atoms with Crippen molar-refractivity contribution in [2.75, 3.05) is 7.05 Å². The van der Waals surface area contributed by atoms with Crippen LogP contribution in [0.15, 0.2) is 0 Å². The van der Waals surface area contributed by atoms with Gasteiger partial charge in [0.2, 0.25) is 0 Å². The Kier molecular flexibility index (Phi) is 2.12. The molecule has 0 saturated heterocycles. The van der Waals surface area contributed by atoms with Gasteiger partial charge in [-0.05, 0) is 7.05 Å². The van der Waals surface area contributed by atoms with E-state index in [0.29, 0.717) is 0 Å². The van der Waals surface area contributed by atoms with E-state index >= 15 is 0 Å². The lowest BCUT2D eigenvalue weighted by atomic mass is 10.4. The zero-order chi connectivity index (χ0) is 7.71. The van der Waals surface area contributed by atoms with Crippen LogP contribution >= 0.6 is 0 Å². The fourth-order valence-corrected chi connectivity index (χ4v) is 0.168. The van der Waals surface area contributed by atoms with Crippen molar-refractivity contribution in [1.29, 1.82) is 0 Å². The van der Waals surface area contributed by atoms with Crippen LogP contribution in [-0.4, -0.2) is 44.5 Å². The van der Waals surface area contributed by atoms with Crippen molar-refractivity contribution >= 4 is 0 Å². The average molecular weight is 139 g/mol. The van der Waals surface area contributed by atoms with Crippen LogP contribution in [0.5, 0.6) is 0 Å². The third-order valence-corrected chi connectivity index (χ3v) is 0.816. The molecule has 0 bridgehead atoms. The van der Waals surface area contributed by atoms with Gasteiger partial charge in [-0.3, -0.25) is 5.32 Å². The number of rotatable bonds is 2. The molecule has 0 unspecified atom stereocenters. The smallest absolute Gasteiger partial charge is 0.347 e. The van der Waals surface area contributed by atoms with Gasteiger partial charge in [0.25, 0.3) is 0 Å². The van der Waals surface area contributed by atoms with Gasteiger partial charge < -0.3 is 25.5 Å². The zero-order valence-electron chi connectivity index (χ0n) is 4.74. The summed E-state index contributed by atoms with van der Waals surface area (Å²) in [5, 5.41) is 42.6. The van der Waals surface area contributed by atoms with E-state index in [1.807, 2.05) is 0 Å². The monoisotopic (exact) mass is 139 g/mol. The first-order chi connectivity index (χ1) is 3.81. The van der Waals surface area contributed by atoms with Crippen LogP contribution < -0.4 is 5.32 Å². The highest BCUT2D eigenvalue weighted by atomic mass is 16.7. The second-order valence-electron chi connectivity index (χ2n) is 1.56. The Bertz CT molecular complexity index is 94.9. The lowest BCUT2D eigenvalue weighted by molar-refractivity contribution is -0.454. The first kappa shape index (κ1) is 8.76. The molecule has 9 heavy (non-hydrogen) atoms. The first-order valence-corrected chi connectivity index (χ1v) is 2.12. The minimum atomic E-state index is -3.55. The fraction of sp³-hybridized carbons (Fsp3) is 1.00. The highest BCUT2D eigenvalue weighted by Gasteiger charge is 2.45. The quantitative estimate of drug-likeness (QED) is 0.221. The summed E-state index contributed by atoms with van der Waals surface area (Å²) in [6.07, 6.45) is 0. The largest absolute Gasteiger partial charge is 0.348 e. The van der Waals surface area contributed by atoms with Crippen LogP contribution in [0.2, 0.25) is 0 Å². The molecule has 0 aromatic heterocycles. The van der Waals surface area contributed by atoms with Crippen LogP contribution in [0.1, 0.15) is 0 Å². The van der Waals surface area contributed by atoms with Crippen LogP contribution in [0.4, 0.5) is 0 Å². The highest BCUT2D eigenvalue weighted by Crippen LogP contribution is 2.07. The molecule has 0 aliphatic rings. The molecule has 0 saturated carbocycles. The minimum Gasteiger partial charge on any atom is -0.347 e. The van der Waals surface area contributed by atoms with E-state index in [2.05, 4.69) is 0 Å². The summed E-state index contributed by atoms with van der Waals surface area (Å²) in [5.74, 6) is -6.66. The molecule has 6 N–H and O–H groups in total. The molecule has 0 heterocycles. The molecule has 0 rings (SSSR count). The fourth-order valence-electron chi connectivity index (χ4n) is 0.168. The summed E-state index contributed by atoms with van der Waals surface area (Å²) < 4.78 is 0. The summed E-state index contributed by atoms with van der Waals surface area (Å²) in [5.41, 5.74) is 0. The average Bonchev–Trinajstić information content (AvgIpc) is 1.64. The predicted octanol–water partition coefficient (Wildman–Crippen LogP) is -3.53. The molecule has 0 atom stereocenters. The van der Waals surface area contributed by atoms with Gasteiger partial charge in [-0.15, -0.1) is 0 Å². The van der Waals surface area contributed by atoms with Crippen molar-refractivity contribution in [3.05, 3.63) is 0 Å². The lowest BCUT2D eigenvalue weighted by Gasteiger charge is -2.28. The summed E-state index contributed by atoms with van der Waals surface area (Å²) in [6.45, 7) is 0. The van der Waals surface area contributed by atoms with Gasteiger partial charge in [0.1, 0.15) is 0 Å². The molecular weight excluding hydrogens is 130 g/mol. The topological polar surface area (TPSA) is 113 Å². The number of nitrogens with one attached hydrogen (secondary N) is 1. The second kappa shape index (κ2) is 2.18. The molecule has 0 aromatic rings. The van der Waals surface area contributed by atoms with Gasteiger partial charge in [-0.1, -0.05) is 0 Å². The van der Waals surface area contributed by atoms with Crippen molar-refractivity contribution in [3.63, 3.8) is 0 Å². The molecule has 6 nitrogen and oxygen atoms in total. The third kappa shape index (κ3) is 1.86. The van der Waals surface area contributed by atoms with Gasteiger partial charge in [0.05, 0.1) is 0 Å². The predicted molar refractivity (Wildman–Crippen MR) is 25.6 cm³/mol. The zero-order valence-corrected chi connectivity index (χ0v) is 4.74. The molecule has 56 valence electrons. The standard InChI is InChI=1S/C3H9NO5/c1-4-2(5,6)3(7,8)9/h4-9H,1H3. The Balaban J connectivity index is 4.14. The van der Waals surface area contributed by atoms with Gasteiger partial charge in [-0.2, -0.15) is 0 Å². The van der Waals surface area contributed by atoms with E-state index in [4.69, 9.17) is 25.5 Å². The van der Waals surface area contributed by atoms with E-state index in [1.165, 1.54) is 0 Å². The maximum absolute atomic E-state index is 8.35. The van der Waals surface area contributed by atoms with E-state index in [9.17, 15) is 0 Å². The first-order valence-electron chi connectivity index (χ1n) is 2.12. The number of hydrogen-bond donors (Lipinski definition) is 6. The maximum Gasteiger partial charge on any atom is 0.348 e. The molecule has 6 heteroatoms. The molecule has 0 aliphatic carbocycles. The Morgan fingerprint density at radius 3 is 1.33 bits per heavy atom. The van der Waals surface area contributed by atoms with Crippen LogP contribution in [-0.2, 0) is 0 Å². The van der Waals surface area contributed by atoms with E-state index < -0.39 is 11.9 Å². The normalized spacial score (nSPS) is 14.0. The Morgan fingerprint density at radius 2 is 1.33 bits per heavy atom. The van der Waals surface area contributed by atoms with E-state index in [0.717, 1.165) is 7.05 Å². The van der Waals surface area contributed by atoms with Crippen molar-refractivity contribution in [1.82, 2.24) is 5.32 Å². The van der Waals surface area contributed by atoms with Crippen LogP contribution in [0.25, 0.3) is 0 Å². The van der Waals surface area contributed by atoms with Gasteiger partial charge >= 0.3 is 11.9 Å². The SMILES string of the molecule is CNC(O)(O)C(O)(O)O. The minimum absolute atomic E-state index is 1.03. The molecule has 0 aliphatic heterocycles. The van der Waals surface area contributed by atoms with Gasteiger partial charge in [-0.25, -0.2) is 0 Å². The van der Waals surface area contributed by atoms with Crippen LogP contribution in [0.3, 0.4) is 0 Å². The maximum atomic E-state index is 8.35. The Hall–Kier alpha value is -0.240. The number of likely N-dealkylation sites (N-methyl/N-ethyl adjacent to an activating group) is 1. The van der Waals surface area contributed by atoms with Gasteiger partial charge in [0.15, 0.2) is 0 Å². The highest BCUT2D eigenvalue weighted by molar-refractivity contribution is 4.65. The molecule has 0 amide bonds. The second-order valence-corrected chi connectivity index (χ2v) is 1.56. The summed E-state index contributed by atoms with van der Waals surface area (Å²) in [7, 11) is 1.03. The summed E-state index contributed by atoms with van der Waals surface area (Å²) in [6, 6.07) is 0. The van der Waals surface area contributed by atoms with Crippen molar-refractivity contribution in [3.8, 4) is 0 Å². The third-order valence-electron chi connectivity index (χ3n) is 0.816. The van der Waals surface area contributed by atoms with Crippen molar-refractivity contribution in [2.45, 2.75) is 11.9 Å². The van der Waals surface area contributed by atoms with Crippen molar-refractivity contribution < 1.29 is 25.5 Å². The molecular formula is C3H9NO5. The number of aliphatic hydroxyl groups is 5.